The van der Waals surface area contributed by atoms with Crippen molar-refractivity contribution in [3.8, 4) is 5.75 Å². The molecule has 0 aliphatic rings. The Labute approximate surface area is 68.3 Å². The lowest BCUT2D eigenvalue weighted by atomic mass is 10.1. The molecule has 3 heteroatoms. The normalized spacial score (nSPS) is 10.6. The summed E-state index contributed by atoms with van der Waals surface area (Å²) in [6, 6.07) is 3.59. The summed E-state index contributed by atoms with van der Waals surface area (Å²) in [4.78, 5) is 0. The molecule has 0 saturated heterocycles. The highest BCUT2D eigenvalue weighted by Crippen LogP contribution is 2.27. The summed E-state index contributed by atoms with van der Waals surface area (Å²) in [5.74, 6) is 0.345. The largest absolute Gasteiger partial charge is 0.508 e. The SMILES string of the molecule is Cc1c(O)ccc2sncc12. The molecule has 2 rings (SSSR count). The first-order valence-corrected chi connectivity index (χ1v) is 4.09. The molecule has 0 radical (unpaired) electrons. The van der Waals surface area contributed by atoms with E-state index < -0.39 is 0 Å². The second-order valence-electron chi connectivity index (χ2n) is 2.45. The second kappa shape index (κ2) is 2.20. The van der Waals surface area contributed by atoms with Crippen LogP contribution in [0.1, 0.15) is 5.56 Å². The minimum absolute atomic E-state index is 0.345. The Bertz CT molecular complexity index is 394. The number of fused-ring (bicyclic) bond motifs is 1. The molecule has 0 bridgehead atoms. The van der Waals surface area contributed by atoms with Crippen LogP contribution in [-0.2, 0) is 0 Å². The first-order valence-electron chi connectivity index (χ1n) is 3.32. The summed E-state index contributed by atoms with van der Waals surface area (Å²) in [5.41, 5.74) is 0.913. The van der Waals surface area contributed by atoms with Crippen molar-refractivity contribution < 1.29 is 5.11 Å². The molecule has 0 atom stereocenters. The minimum Gasteiger partial charge on any atom is -0.508 e. The molecule has 0 unspecified atom stereocenters. The van der Waals surface area contributed by atoms with Crippen molar-refractivity contribution in [3.63, 3.8) is 0 Å². The van der Waals surface area contributed by atoms with Crippen molar-refractivity contribution in [3.05, 3.63) is 23.9 Å². The Morgan fingerprint density at radius 1 is 1.45 bits per heavy atom. The maximum Gasteiger partial charge on any atom is 0.119 e. The number of phenolic OH excluding ortho intramolecular Hbond substituents is 1. The van der Waals surface area contributed by atoms with Crippen molar-refractivity contribution in [2.24, 2.45) is 0 Å². The van der Waals surface area contributed by atoms with Crippen LogP contribution < -0.4 is 0 Å². The third kappa shape index (κ3) is 0.886. The summed E-state index contributed by atoms with van der Waals surface area (Å²) in [6.07, 6.45) is 1.79. The Morgan fingerprint density at radius 2 is 2.27 bits per heavy atom. The van der Waals surface area contributed by atoms with Crippen molar-refractivity contribution in [1.29, 1.82) is 0 Å². The van der Waals surface area contributed by atoms with Crippen LogP contribution in [0, 0.1) is 6.92 Å². The molecule has 56 valence electrons. The fraction of sp³-hybridized carbons (Fsp3) is 0.125. The monoisotopic (exact) mass is 165 g/mol. The summed E-state index contributed by atoms with van der Waals surface area (Å²) in [5, 5.41) is 10.4. The van der Waals surface area contributed by atoms with Gasteiger partial charge in [0.05, 0.1) is 4.70 Å². The number of aromatic hydroxyl groups is 1. The Hall–Kier alpha value is -1.09. The molecule has 1 heterocycles. The maximum atomic E-state index is 9.31. The van der Waals surface area contributed by atoms with Crippen molar-refractivity contribution in [1.82, 2.24) is 4.37 Å². The van der Waals surface area contributed by atoms with Gasteiger partial charge in [0, 0.05) is 17.1 Å². The maximum absolute atomic E-state index is 9.31. The number of nitrogens with zero attached hydrogens (tertiary/aromatic N) is 1. The summed E-state index contributed by atoms with van der Waals surface area (Å²) < 4.78 is 5.16. The average Bonchev–Trinajstić information content (AvgIpc) is 2.45. The number of aryl methyl sites for hydroxylation is 1. The first kappa shape index (κ1) is 6.61. The lowest BCUT2D eigenvalue weighted by Gasteiger charge is -1.97. The van der Waals surface area contributed by atoms with Gasteiger partial charge < -0.3 is 5.11 Å². The van der Waals surface area contributed by atoms with Gasteiger partial charge in [0.15, 0.2) is 0 Å². The van der Waals surface area contributed by atoms with Gasteiger partial charge in [0.1, 0.15) is 5.75 Å². The van der Waals surface area contributed by atoms with Crippen LogP contribution in [0.5, 0.6) is 5.75 Å². The Balaban J connectivity index is 2.93. The molecule has 0 aliphatic heterocycles. The summed E-state index contributed by atoms with van der Waals surface area (Å²) in [6.45, 7) is 1.89. The first-order chi connectivity index (χ1) is 5.29. The zero-order valence-electron chi connectivity index (χ0n) is 6.03. The van der Waals surface area contributed by atoms with Gasteiger partial charge in [-0.1, -0.05) is 0 Å². The molecule has 1 aromatic carbocycles. The molecular weight excluding hydrogens is 158 g/mol. The quantitative estimate of drug-likeness (QED) is 0.649. The molecule has 2 aromatic rings. The van der Waals surface area contributed by atoms with Gasteiger partial charge in [-0.3, -0.25) is 0 Å². The predicted molar refractivity (Wildman–Crippen MR) is 46.0 cm³/mol. The zero-order valence-corrected chi connectivity index (χ0v) is 6.85. The van der Waals surface area contributed by atoms with E-state index in [1.165, 1.54) is 11.5 Å². The fourth-order valence-electron chi connectivity index (χ4n) is 1.07. The van der Waals surface area contributed by atoms with Gasteiger partial charge >= 0.3 is 0 Å². The zero-order chi connectivity index (χ0) is 7.84. The van der Waals surface area contributed by atoms with E-state index in [-0.39, 0.29) is 0 Å². The van der Waals surface area contributed by atoms with E-state index in [2.05, 4.69) is 4.37 Å². The third-order valence-corrected chi connectivity index (χ3v) is 2.54. The van der Waals surface area contributed by atoms with Crippen LogP contribution in [0.4, 0.5) is 0 Å². The third-order valence-electron chi connectivity index (χ3n) is 1.78. The van der Waals surface area contributed by atoms with E-state index in [0.717, 1.165) is 15.6 Å². The van der Waals surface area contributed by atoms with Gasteiger partial charge in [-0.15, -0.1) is 0 Å². The van der Waals surface area contributed by atoms with E-state index in [9.17, 15) is 5.11 Å². The van der Waals surface area contributed by atoms with Crippen molar-refractivity contribution >= 4 is 21.6 Å². The number of hydrogen-bond donors (Lipinski definition) is 1. The van der Waals surface area contributed by atoms with E-state index in [1.807, 2.05) is 13.0 Å². The average molecular weight is 165 g/mol. The molecule has 11 heavy (non-hydrogen) atoms. The van der Waals surface area contributed by atoms with Gasteiger partial charge in [-0.05, 0) is 30.6 Å². The summed E-state index contributed by atoms with van der Waals surface area (Å²) >= 11 is 1.45. The molecule has 0 fully saturated rings. The van der Waals surface area contributed by atoms with Gasteiger partial charge in [-0.2, -0.15) is 4.37 Å². The van der Waals surface area contributed by atoms with E-state index >= 15 is 0 Å². The Morgan fingerprint density at radius 3 is 3.09 bits per heavy atom. The molecule has 2 nitrogen and oxygen atoms in total. The highest BCUT2D eigenvalue weighted by atomic mass is 32.1. The number of rotatable bonds is 0. The van der Waals surface area contributed by atoms with Crippen LogP contribution in [0.2, 0.25) is 0 Å². The molecule has 1 N–H and O–H groups in total. The summed E-state index contributed by atoms with van der Waals surface area (Å²) in [7, 11) is 0. The highest BCUT2D eigenvalue weighted by molar-refractivity contribution is 7.13. The topological polar surface area (TPSA) is 33.1 Å². The van der Waals surface area contributed by atoms with Crippen LogP contribution in [0.3, 0.4) is 0 Å². The van der Waals surface area contributed by atoms with E-state index in [1.54, 1.807) is 12.3 Å². The Kier molecular flexibility index (Phi) is 1.32. The van der Waals surface area contributed by atoms with Gasteiger partial charge in [-0.25, -0.2) is 0 Å². The highest BCUT2D eigenvalue weighted by Gasteiger charge is 2.02. The number of phenols is 1. The van der Waals surface area contributed by atoms with Crippen LogP contribution in [0.15, 0.2) is 18.3 Å². The van der Waals surface area contributed by atoms with Crippen LogP contribution in [-0.4, -0.2) is 9.48 Å². The molecule has 0 saturated carbocycles. The van der Waals surface area contributed by atoms with Crippen LogP contribution >= 0.6 is 11.5 Å². The van der Waals surface area contributed by atoms with E-state index in [0.29, 0.717) is 5.75 Å². The molecule has 1 aromatic heterocycles. The standard InChI is InChI=1S/C8H7NOS/c1-5-6-4-9-11-8(6)3-2-7(5)10/h2-4,10H,1H3. The predicted octanol–water partition coefficient (Wildman–Crippen LogP) is 2.31. The van der Waals surface area contributed by atoms with Crippen molar-refractivity contribution in [2.75, 3.05) is 0 Å². The molecule has 0 aliphatic carbocycles. The van der Waals surface area contributed by atoms with Gasteiger partial charge in [0.25, 0.3) is 0 Å². The molecule has 0 spiro atoms. The van der Waals surface area contributed by atoms with E-state index in [4.69, 9.17) is 0 Å². The number of aromatic nitrogens is 1. The van der Waals surface area contributed by atoms with Crippen molar-refractivity contribution in [2.45, 2.75) is 6.92 Å². The smallest absolute Gasteiger partial charge is 0.119 e. The minimum atomic E-state index is 0.345. The number of benzene rings is 1. The molecule has 0 amide bonds. The fourth-order valence-corrected chi connectivity index (χ4v) is 1.77. The second-order valence-corrected chi connectivity index (χ2v) is 3.28. The molecular formula is C8H7NOS. The number of hydrogen-bond acceptors (Lipinski definition) is 3. The van der Waals surface area contributed by atoms with Crippen LogP contribution in [0.25, 0.3) is 10.1 Å². The van der Waals surface area contributed by atoms with Gasteiger partial charge in [0.2, 0.25) is 0 Å². The lowest BCUT2D eigenvalue weighted by Crippen LogP contribution is -1.73. The lowest BCUT2D eigenvalue weighted by molar-refractivity contribution is 0.472.